The van der Waals surface area contributed by atoms with Crippen molar-refractivity contribution in [2.75, 3.05) is 6.61 Å². The second kappa shape index (κ2) is 18.4. The Morgan fingerprint density at radius 3 is 1.69 bits per heavy atom. The molecule has 0 bridgehead atoms. The Labute approximate surface area is 181 Å². The molecule has 174 valence electrons. The van der Waals surface area contributed by atoms with Crippen LogP contribution in [-0.2, 0) is 14.6 Å². The van der Waals surface area contributed by atoms with Crippen LogP contribution in [-0.4, -0.2) is 19.6 Å². The summed E-state index contributed by atoms with van der Waals surface area (Å²) in [6.45, 7) is 6.77. The van der Waals surface area contributed by atoms with Gasteiger partial charge < -0.3 is 0 Å². The molecule has 0 fully saturated rings. The maximum atomic E-state index is 10.5. The first-order valence-corrected chi connectivity index (χ1v) is 13.4. The summed E-state index contributed by atoms with van der Waals surface area (Å²) in [4.78, 5) is 0. The van der Waals surface area contributed by atoms with E-state index in [1.165, 1.54) is 89.9 Å². The van der Waals surface area contributed by atoms with E-state index in [0.29, 0.717) is 6.42 Å². The number of hydrogen-bond acceptors (Lipinski definition) is 3. The van der Waals surface area contributed by atoms with E-state index >= 15 is 0 Å². The third kappa shape index (κ3) is 23.8. The molecule has 0 atom stereocenters. The van der Waals surface area contributed by atoms with Crippen molar-refractivity contribution in [3.63, 3.8) is 0 Å². The van der Waals surface area contributed by atoms with Crippen LogP contribution in [0.3, 0.4) is 0 Å². The van der Waals surface area contributed by atoms with Crippen molar-refractivity contribution in [1.82, 2.24) is 0 Å². The van der Waals surface area contributed by atoms with Crippen LogP contribution in [0.2, 0.25) is 0 Å². The van der Waals surface area contributed by atoms with Crippen molar-refractivity contribution < 1.29 is 17.2 Å². The van der Waals surface area contributed by atoms with Gasteiger partial charge >= 0.3 is 10.4 Å². The zero-order chi connectivity index (χ0) is 21.8. The Hall–Kier alpha value is -0.390. The van der Waals surface area contributed by atoms with Crippen LogP contribution in [0.1, 0.15) is 130 Å². The van der Waals surface area contributed by atoms with E-state index in [1.54, 1.807) is 0 Å². The minimum atomic E-state index is -4.29. The van der Waals surface area contributed by atoms with Gasteiger partial charge in [-0.25, -0.2) is 4.18 Å². The predicted molar refractivity (Wildman–Crippen MR) is 125 cm³/mol. The summed E-state index contributed by atoms with van der Waals surface area (Å²) in [5.74, 6) is 0. The van der Waals surface area contributed by atoms with Crippen LogP contribution in [0.5, 0.6) is 0 Å². The standard InChI is InChI=1S/C24H48O4S/c1-4-5-6-7-8-9-10-11-12-13-14-15-16-17-18-19-21-24(2,3)22-20-23-28-29(25,26)27/h11-12H,4-10,13-23H2,1-3H3,(H,25,26,27)/b12-11-. The molecule has 29 heavy (non-hydrogen) atoms. The minimum Gasteiger partial charge on any atom is -0.264 e. The first-order chi connectivity index (χ1) is 13.8. The van der Waals surface area contributed by atoms with Crippen molar-refractivity contribution in [3.05, 3.63) is 12.2 Å². The molecular formula is C24H48O4S. The number of hydrogen-bond donors (Lipinski definition) is 1. The summed E-state index contributed by atoms with van der Waals surface area (Å²) in [7, 11) is -4.29. The van der Waals surface area contributed by atoms with E-state index in [0.717, 1.165) is 12.8 Å². The molecule has 1 N–H and O–H groups in total. The average Bonchev–Trinajstić information content (AvgIpc) is 2.64. The Kier molecular flexibility index (Phi) is 18.1. The maximum Gasteiger partial charge on any atom is 0.397 e. The molecular weight excluding hydrogens is 384 g/mol. The Balaban J connectivity index is 3.40. The van der Waals surface area contributed by atoms with Gasteiger partial charge in [0.1, 0.15) is 0 Å². The fourth-order valence-corrected chi connectivity index (χ4v) is 4.02. The lowest BCUT2D eigenvalue weighted by molar-refractivity contribution is 0.225. The van der Waals surface area contributed by atoms with Gasteiger partial charge in [0.05, 0.1) is 6.61 Å². The molecule has 4 nitrogen and oxygen atoms in total. The van der Waals surface area contributed by atoms with E-state index in [4.69, 9.17) is 4.55 Å². The highest BCUT2D eigenvalue weighted by molar-refractivity contribution is 7.80. The van der Waals surface area contributed by atoms with Crippen LogP contribution in [0, 0.1) is 5.41 Å². The van der Waals surface area contributed by atoms with E-state index in [1.807, 2.05) is 0 Å². The molecule has 0 aromatic rings. The third-order valence-corrected chi connectivity index (χ3v) is 6.06. The normalized spacial score (nSPS) is 12.8. The zero-order valence-electron chi connectivity index (χ0n) is 19.5. The van der Waals surface area contributed by atoms with Gasteiger partial charge in [-0.15, -0.1) is 0 Å². The summed E-state index contributed by atoms with van der Waals surface area (Å²) >= 11 is 0. The average molecular weight is 433 g/mol. The third-order valence-electron chi connectivity index (χ3n) is 5.60. The summed E-state index contributed by atoms with van der Waals surface area (Å²) in [6.07, 6.45) is 26.0. The Morgan fingerprint density at radius 1 is 0.724 bits per heavy atom. The number of allylic oxidation sites excluding steroid dienone is 2. The van der Waals surface area contributed by atoms with Crippen LogP contribution in [0.15, 0.2) is 12.2 Å². The molecule has 0 radical (unpaired) electrons. The van der Waals surface area contributed by atoms with Crippen molar-refractivity contribution in [3.8, 4) is 0 Å². The molecule has 0 aliphatic carbocycles. The highest BCUT2D eigenvalue weighted by Crippen LogP contribution is 2.29. The number of unbranched alkanes of at least 4 members (excludes halogenated alkanes) is 12. The van der Waals surface area contributed by atoms with Crippen LogP contribution < -0.4 is 0 Å². The maximum absolute atomic E-state index is 10.5. The van der Waals surface area contributed by atoms with Gasteiger partial charge in [-0.05, 0) is 50.4 Å². The molecule has 0 amide bonds. The van der Waals surface area contributed by atoms with Crippen molar-refractivity contribution in [2.24, 2.45) is 5.41 Å². The lowest BCUT2D eigenvalue weighted by Crippen LogP contribution is -2.13. The first kappa shape index (κ1) is 28.6. The highest BCUT2D eigenvalue weighted by atomic mass is 32.3. The first-order valence-electron chi connectivity index (χ1n) is 12.0. The molecule has 0 saturated carbocycles. The molecule has 0 aromatic heterocycles. The van der Waals surface area contributed by atoms with Gasteiger partial charge in [0.15, 0.2) is 0 Å². The Morgan fingerprint density at radius 2 is 1.17 bits per heavy atom. The van der Waals surface area contributed by atoms with E-state index in [9.17, 15) is 8.42 Å². The molecule has 0 unspecified atom stereocenters. The molecule has 0 spiro atoms. The second-order valence-electron chi connectivity index (χ2n) is 9.21. The second-order valence-corrected chi connectivity index (χ2v) is 10.3. The van der Waals surface area contributed by atoms with Crippen LogP contribution in [0.25, 0.3) is 0 Å². The SMILES string of the molecule is CCCCCCCC/C=C\CCCCCCCCC(C)(C)CCCOS(=O)(=O)O. The summed E-state index contributed by atoms with van der Waals surface area (Å²) < 4.78 is 34.0. The van der Waals surface area contributed by atoms with Crippen molar-refractivity contribution in [2.45, 2.75) is 130 Å². The molecule has 5 heteroatoms. The summed E-state index contributed by atoms with van der Waals surface area (Å²) in [6, 6.07) is 0. The lowest BCUT2D eigenvalue weighted by atomic mass is 9.82. The van der Waals surface area contributed by atoms with Gasteiger partial charge in [0, 0.05) is 0 Å². The summed E-state index contributed by atoms with van der Waals surface area (Å²) in [5.41, 5.74) is 0.198. The minimum absolute atomic E-state index is 0.0651. The highest BCUT2D eigenvalue weighted by Gasteiger charge is 2.17. The fourth-order valence-electron chi connectivity index (χ4n) is 3.69. The van der Waals surface area contributed by atoms with Gasteiger partial charge in [0.2, 0.25) is 0 Å². The quantitative estimate of drug-likeness (QED) is 0.113. The smallest absolute Gasteiger partial charge is 0.264 e. The monoisotopic (exact) mass is 432 g/mol. The lowest BCUT2D eigenvalue weighted by Gasteiger charge is -2.24. The van der Waals surface area contributed by atoms with Gasteiger partial charge in [-0.2, -0.15) is 8.42 Å². The van der Waals surface area contributed by atoms with Gasteiger partial charge in [0.25, 0.3) is 0 Å². The summed E-state index contributed by atoms with van der Waals surface area (Å²) in [5, 5.41) is 0. The van der Waals surface area contributed by atoms with Crippen molar-refractivity contribution >= 4 is 10.4 Å². The largest absolute Gasteiger partial charge is 0.397 e. The molecule has 0 saturated heterocycles. The van der Waals surface area contributed by atoms with Gasteiger partial charge in [-0.1, -0.05) is 97.1 Å². The molecule has 0 aromatic carbocycles. The Bertz CT molecular complexity index is 483. The van der Waals surface area contributed by atoms with Crippen LogP contribution >= 0.6 is 0 Å². The van der Waals surface area contributed by atoms with E-state index < -0.39 is 10.4 Å². The fraction of sp³-hybridized carbons (Fsp3) is 0.917. The van der Waals surface area contributed by atoms with E-state index in [2.05, 4.69) is 37.1 Å². The van der Waals surface area contributed by atoms with Crippen LogP contribution in [0.4, 0.5) is 0 Å². The number of rotatable bonds is 21. The van der Waals surface area contributed by atoms with Crippen molar-refractivity contribution in [1.29, 1.82) is 0 Å². The molecule has 0 aliphatic heterocycles. The molecule has 0 heterocycles. The molecule has 0 rings (SSSR count). The van der Waals surface area contributed by atoms with E-state index in [-0.39, 0.29) is 12.0 Å². The molecule has 0 aliphatic rings. The van der Waals surface area contributed by atoms with Gasteiger partial charge in [-0.3, -0.25) is 4.55 Å². The topological polar surface area (TPSA) is 63.6 Å². The predicted octanol–water partition coefficient (Wildman–Crippen LogP) is 8.04. The zero-order valence-corrected chi connectivity index (χ0v) is 20.3.